The largest absolute Gasteiger partial charge is 0.465 e. The van der Waals surface area contributed by atoms with Crippen LogP contribution in [0.1, 0.15) is 23.0 Å². The molecule has 84 valence electrons. The van der Waals surface area contributed by atoms with Gasteiger partial charge in [-0.1, -0.05) is 28.1 Å². The van der Waals surface area contributed by atoms with Gasteiger partial charge in [0.2, 0.25) is 0 Å². The Bertz CT molecular complexity index is 505. The third-order valence-electron chi connectivity index (χ3n) is 2.50. The summed E-state index contributed by atoms with van der Waals surface area (Å²) in [5.41, 5.74) is 1.85. The van der Waals surface area contributed by atoms with Gasteiger partial charge in [-0.15, -0.1) is 0 Å². The smallest absolute Gasteiger partial charge is 0.150 e. The van der Waals surface area contributed by atoms with Crippen LogP contribution in [0.25, 0.3) is 0 Å². The lowest BCUT2D eigenvalue weighted by Gasteiger charge is -2.13. The van der Waals surface area contributed by atoms with E-state index in [1.165, 1.54) is 0 Å². The maximum atomic E-state index is 10.2. The van der Waals surface area contributed by atoms with Gasteiger partial charge in [-0.05, 0) is 46.1 Å². The van der Waals surface area contributed by atoms with Crippen molar-refractivity contribution in [1.82, 2.24) is 0 Å². The monoisotopic (exact) mass is 344 g/mol. The molecule has 4 heteroatoms. The zero-order valence-corrected chi connectivity index (χ0v) is 11.7. The molecule has 1 unspecified atom stereocenters. The molecule has 2 nitrogen and oxygen atoms in total. The third kappa shape index (κ3) is 2.10. The highest BCUT2D eigenvalue weighted by Crippen LogP contribution is 2.32. The van der Waals surface area contributed by atoms with E-state index in [0.717, 1.165) is 20.1 Å². The quantitative estimate of drug-likeness (QED) is 0.885. The van der Waals surface area contributed by atoms with E-state index in [4.69, 9.17) is 4.42 Å². The summed E-state index contributed by atoms with van der Waals surface area (Å²) < 4.78 is 7.02. The third-order valence-corrected chi connectivity index (χ3v) is 4.01. The normalized spacial score (nSPS) is 12.8. The average molecular weight is 346 g/mol. The molecule has 0 bridgehead atoms. The molecule has 16 heavy (non-hydrogen) atoms. The van der Waals surface area contributed by atoms with Crippen LogP contribution in [-0.2, 0) is 0 Å². The van der Waals surface area contributed by atoms with Crippen LogP contribution in [0, 0.1) is 6.92 Å². The van der Waals surface area contributed by atoms with E-state index in [2.05, 4.69) is 31.9 Å². The molecule has 0 aliphatic carbocycles. The number of furan rings is 1. The Morgan fingerprint density at radius 3 is 2.56 bits per heavy atom. The van der Waals surface area contributed by atoms with E-state index >= 15 is 0 Å². The van der Waals surface area contributed by atoms with Gasteiger partial charge in [0, 0.05) is 4.47 Å². The van der Waals surface area contributed by atoms with Crippen LogP contribution in [0.15, 0.2) is 43.9 Å². The minimum atomic E-state index is -0.748. The lowest BCUT2D eigenvalue weighted by Crippen LogP contribution is -2.01. The highest BCUT2D eigenvalue weighted by atomic mass is 79.9. The van der Waals surface area contributed by atoms with Gasteiger partial charge in [0.05, 0.1) is 10.7 Å². The van der Waals surface area contributed by atoms with Gasteiger partial charge < -0.3 is 9.52 Å². The number of rotatable bonds is 2. The Morgan fingerprint density at radius 1 is 1.19 bits per heavy atom. The molecule has 0 saturated heterocycles. The molecule has 1 heterocycles. The SMILES string of the molecule is Cc1c(Br)cccc1C(O)c1occc1Br. The van der Waals surface area contributed by atoms with Crippen molar-refractivity contribution in [3.8, 4) is 0 Å². The number of benzene rings is 1. The lowest BCUT2D eigenvalue weighted by molar-refractivity contribution is 0.187. The van der Waals surface area contributed by atoms with Crippen LogP contribution >= 0.6 is 31.9 Å². The van der Waals surface area contributed by atoms with Gasteiger partial charge in [0.1, 0.15) is 6.10 Å². The van der Waals surface area contributed by atoms with Crippen LogP contribution in [0.3, 0.4) is 0 Å². The van der Waals surface area contributed by atoms with Crippen molar-refractivity contribution in [1.29, 1.82) is 0 Å². The number of aliphatic hydroxyl groups is 1. The van der Waals surface area contributed by atoms with Crippen molar-refractivity contribution in [3.05, 3.63) is 56.4 Å². The maximum absolute atomic E-state index is 10.2. The van der Waals surface area contributed by atoms with Crippen LogP contribution in [-0.4, -0.2) is 5.11 Å². The number of hydrogen-bond acceptors (Lipinski definition) is 2. The van der Waals surface area contributed by atoms with Crippen molar-refractivity contribution >= 4 is 31.9 Å². The van der Waals surface area contributed by atoms with E-state index in [9.17, 15) is 5.11 Å². The number of aliphatic hydroxyl groups excluding tert-OH is 1. The minimum absolute atomic E-state index is 0.529. The van der Waals surface area contributed by atoms with Gasteiger partial charge in [0.25, 0.3) is 0 Å². The first-order chi connectivity index (χ1) is 7.61. The second kappa shape index (κ2) is 4.73. The highest BCUT2D eigenvalue weighted by molar-refractivity contribution is 9.10. The van der Waals surface area contributed by atoms with Gasteiger partial charge in [-0.2, -0.15) is 0 Å². The predicted molar refractivity (Wildman–Crippen MR) is 69.3 cm³/mol. The van der Waals surface area contributed by atoms with E-state index in [1.54, 1.807) is 12.3 Å². The van der Waals surface area contributed by atoms with Crippen LogP contribution in [0.4, 0.5) is 0 Å². The summed E-state index contributed by atoms with van der Waals surface area (Å²) in [4.78, 5) is 0. The van der Waals surface area contributed by atoms with Crippen LogP contribution < -0.4 is 0 Å². The molecule has 1 atom stereocenters. The molecule has 0 amide bonds. The van der Waals surface area contributed by atoms with Gasteiger partial charge in [-0.3, -0.25) is 0 Å². The molecule has 0 saturated carbocycles. The van der Waals surface area contributed by atoms with E-state index in [0.29, 0.717) is 5.76 Å². The first-order valence-electron chi connectivity index (χ1n) is 4.77. The van der Waals surface area contributed by atoms with Gasteiger partial charge in [0.15, 0.2) is 5.76 Å². The molecule has 0 aliphatic heterocycles. The average Bonchev–Trinajstić information content (AvgIpc) is 2.68. The molecule has 2 rings (SSSR count). The summed E-state index contributed by atoms with van der Waals surface area (Å²) >= 11 is 6.78. The van der Waals surface area contributed by atoms with Crippen molar-refractivity contribution in [3.63, 3.8) is 0 Å². The Labute approximate surface area is 111 Å². The predicted octanol–water partition coefficient (Wildman–Crippen LogP) is 4.19. The second-order valence-electron chi connectivity index (χ2n) is 3.49. The highest BCUT2D eigenvalue weighted by Gasteiger charge is 2.19. The number of halogens is 2. The van der Waals surface area contributed by atoms with Gasteiger partial charge in [-0.25, -0.2) is 0 Å². The topological polar surface area (TPSA) is 33.4 Å². The summed E-state index contributed by atoms with van der Waals surface area (Å²) in [7, 11) is 0. The van der Waals surface area contributed by atoms with Crippen molar-refractivity contribution in [2.75, 3.05) is 0 Å². The van der Waals surface area contributed by atoms with Crippen LogP contribution in [0.5, 0.6) is 0 Å². The summed E-state index contributed by atoms with van der Waals surface area (Å²) in [5.74, 6) is 0.529. The molecular formula is C12H10Br2O2. The van der Waals surface area contributed by atoms with E-state index < -0.39 is 6.10 Å². The first-order valence-corrected chi connectivity index (χ1v) is 6.36. The second-order valence-corrected chi connectivity index (χ2v) is 5.20. The van der Waals surface area contributed by atoms with E-state index in [1.807, 2.05) is 25.1 Å². The number of hydrogen-bond donors (Lipinski definition) is 1. The standard InChI is InChI=1S/C12H10Br2O2/c1-7-8(3-2-4-9(7)13)11(15)12-10(14)5-6-16-12/h2-6,11,15H,1H3. The van der Waals surface area contributed by atoms with Crippen molar-refractivity contribution in [2.45, 2.75) is 13.0 Å². The maximum Gasteiger partial charge on any atom is 0.150 e. The molecule has 1 aromatic heterocycles. The van der Waals surface area contributed by atoms with Crippen molar-refractivity contribution in [2.24, 2.45) is 0 Å². The summed E-state index contributed by atoms with van der Waals surface area (Å²) in [6.45, 7) is 1.96. The molecule has 1 aromatic carbocycles. The molecular weight excluding hydrogens is 336 g/mol. The molecule has 1 N–H and O–H groups in total. The molecule has 2 aromatic rings. The van der Waals surface area contributed by atoms with E-state index in [-0.39, 0.29) is 0 Å². The molecule has 0 fully saturated rings. The van der Waals surface area contributed by atoms with Crippen LogP contribution in [0.2, 0.25) is 0 Å². The summed E-state index contributed by atoms with van der Waals surface area (Å²) in [6, 6.07) is 7.50. The Morgan fingerprint density at radius 2 is 1.94 bits per heavy atom. The Kier molecular flexibility index (Phi) is 3.52. The lowest BCUT2D eigenvalue weighted by atomic mass is 10.0. The Hall–Kier alpha value is -0.580. The zero-order chi connectivity index (χ0) is 11.7. The first kappa shape index (κ1) is 11.9. The zero-order valence-electron chi connectivity index (χ0n) is 8.58. The fraction of sp³-hybridized carbons (Fsp3) is 0.167. The minimum Gasteiger partial charge on any atom is -0.465 e. The molecule has 0 spiro atoms. The summed E-state index contributed by atoms with van der Waals surface area (Å²) in [6.07, 6.45) is 0.803. The van der Waals surface area contributed by atoms with Crippen molar-refractivity contribution < 1.29 is 9.52 Å². The fourth-order valence-corrected chi connectivity index (χ4v) is 2.36. The summed E-state index contributed by atoms with van der Waals surface area (Å²) in [5, 5.41) is 10.2. The fourth-order valence-electron chi connectivity index (χ4n) is 1.56. The Balaban J connectivity index is 2.46. The molecule has 0 radical (unpaired) electrons. The molecule has 0 aliphatic rings. The van der Waals surface area contributed by atoms with Gasteiger partial charge >= 0.3 is 0 Å².